The van der Waals surface area contributed by atoms with Crippen molar-refractivity contribution < 1.29 is 9.15 Å². The quantitative estimate of drug-likeness (QED) is 0.258. The first-order valence-electron chi connectivity index (χ1n) is 11.9. The van der Waals surface area contributed by atoms with Gasteiger partial charge in [0.2, 0.25) is 5.43 Å². The summed E-state index contributed by atoms with van der Waals surface area (Å²) in [5, 5.41) is 8.57. The molecule has 0 radical (unpaired) electrons. The van der Waals surface area contributed by atoms with E-state index in [1.807, 2.05) is 66.2 Å². The topological polar surface area (TPSA) is 57.3 Å². The second kappa shape index (κ2) is 7.25. The fourth-order valence-corrected chi connectivity index (χ4v) is 7.38. The summed E-state index contributed by atoms with van der Waals surface area (Å²) in [6, 6.07) is 22.0. The number of rotatable bonds is 1. The van der Waals surface area contributed by atoms with Gasteiger partial charge in [0.1, 0.15) is 16.2 Å². The molecule has 0 fully saturated rings. The van der Waals surface area contributed by atoms with Crippen LogP contribution in [0.2, 0.25) is 0 Å². The van der Waals surface area contributed by atoms with Crippen LogP contribution in [0.4, 0.5) is 0 Å². The first kappa shape index (κ1) is 20.8. The molecular weight excluding hydrogens is 456 g/mol. The Morgan fingerprint density at radius 1 is 0.971 bits per heavy atom. The molecule has 2 aliphatic rings. The van der Waals surface area contributed by atoms with Crippen LogP contribution < -0.4 is 10.2 Å². The van der Waals surface area contributed by atoms with Crippen LogP contribution in [0.1, 0.15) is 36.6 Å². The van der Waals surface area contributed by atoms with Crippen molar-refractivity contribution in [2.24, 2.45) is 5.92 Å². The minimum atomic E-state index is -0.502. The normalized spacial score (nSPS) is 20.2. The highest BCUT2D eigenvalue weighted by Crippen LogP contribution is 2.55. The lowest BCUT2D eigenvalue weighted by Gasteiger charge is -2.45. The number of ether oxygens (including phenoxy) is 1. The van der Waals surface area contributed by atoms with Gasteiger partial charge in [0.25, 0.3) is 5.95 Å². The molecule has 0 spiro atoms. The number of hydrogen-bond acceptors (Lipinski definition) is 5. The van der Waals surface area contributed by atoms with E-state index in [9.17, 15) is 4.79 Å². The fourth-order valence-electron chi connectivity index (χ4n) is 5.75. The molecule has 0 saturated carbocycles. The highest BCUT2D eigenvalue weighted by molar-refractivity contribution is 7.99. The maximum atomic E-state index is 14.1. The van der Waals surface area contributed by atoms with Crippen molar-refractivity contribution in [2.45, 2.75) is 37.3 Å². The average Bonchev–Trinajstić information content (AvgIpc) is 3.21. The zero-order chi connectivity index (χ0) is 23.9. The van der Waals surface area contributed by atoms with Gasteiger partial charge in [0.15, 0.2) is 0 Å². The Labute approximate surface area is 206 Å². The van der Waals surface area contributed by atoms with Crippen LogP contribution in [-0.4, -0.2) is 21.1 Å². The van der Waals surface area contributed by atoms with Crippen LogP contribution in [0.25, 0.3) is 27.4 Å². The van der Waals surface area contributed by atoms with Crippen molar-refractivity contribution in [1.29, 1.82) is 0 Å². The average molecular weight is 481 g/mol. The lowest BCUT2D eigenvalue weighted by atomic mass is 9.72. The number of aromatic nitrogens is 2. The van der Waals surface area contributed by atoms with Gasteiger partial charge in [-0.2, -0.15) is 5.10 Å². The van der Waals surface area contributed by atoms with Gasteiger partial charge in [-0.25, -0.2) is 4.68 Å². The van der Waals surface area contributed by atoms with E-state index in [0.717, 1.165) is 38.5 Å². The van der Waals surface area contributed by atoms with Crippen molar-refractivity contribution in [2.75, 3.05) is 5.75 Å². The summed E-state index contributed by atoms with van der Waals surface area (Å²) in [4.78, 5) is 14.1. The Kier molecular flexibility index (Phi) is 4.31. The van der Waals surface area contributed by atoms with E-state index >= 15 is 0 Å². The molecule has 0 saturated heterocycles. The van der Waals surface area contributed by atoms with E-state index < -0.39 is 5.60 Å². The molecule has 2 aromatic heterocycles. The van der Waals surface area contributed by atoms with Gasteiger partial charge in [0.05, 0.1) is 22.3 Å². The number of para-hydroxylation sites is 1. The van der Waals surface area contributed by atoms with Gasteiger partial charge in [-0.15, -0.1) is 11.8 Å². The lowest BCUT2D eigenvalue weighted by molar-refractivity contribution is 0.00234. The summed E-state index contributed by atoms with van der Waals surface area (Å²) in [5.41, 5.74) is 3.76. The molecule has 0 bridgehead atoms. The summed E-state index contributed by atoms with van der Waals surface area (Å²) < 4.78 is 14.9. The van der Waals surface area contributed by atoms with Gasteiger partial charge in [-0.05, 0) is 44.4 Å². The SMILES string of the molecule is Cc1nn(-c2ccccc2)c2c1[C@@H]1c3c(oc4c(ccc5ccccc54)c3=O)OC(C)(C)[C@@H]1CS2. The summed E-state index contributed by atoms with van der Waals surface area (Å²) in [7, 11) is 0. The molecule has 5 nitrogen and oxygen atoms in total. The first-order chi connectivity index (χ1) is 16.9. The van der Waals surface area contributed by atoms with E-state index in [4.69, 9.17) is 14.3 Å². The number of benzene rings is 3. The molecule has 7 rings (SSSR count). The molecule has 0 aliphatic carbocycles. The molecular formula is C29H24N2O3S. The van der Waals surface area contributed by atoms with E-state index in [1.165, 1.54) is 0 Å². The smallest absolute Gasteiger partial charge is 0.293 e. The van der Waals surface area contributed by atoms with Gasteiger partial charge < -0.3 is 9.15 Å². The predicted molar refractivity (Wildman–Crippen MR) is 139 cm³/mol. The highest BCUT2D eigenvalue weighted by Gasteiger charge is 2.51. The van der Waals surface area contributed by atoms with Crippen molar-refractivity contribution in [3.63, 3.8) is 0 Å². The summed E-state index contributed by atoms with van der Waals surface area (Å²) in [6.45, 7) is 6.24. The monoisotopic (exact) mass is 480 g/mol. The maximum absolute atomic E-state index is 14.1. The number of thioether (sulfide) groups is 1. The largest absolute Gasteiger partial charge is 0.458 e. The van der Waals surface area contributed by atoms with Crippen LogP contribution in [0.5, 0.6) is 5.95 Å². The Bertz CT molecular complexity index is 1700. The Hall–Kier alpha value is -3.51. The number of aryl methyl sites for hydroxylation is 1. The third kappa shape index (κ3) is 2.89. The van der Waals surface area contributed by atoms with Crippen molar-refractivity contribution in [3.8, 4) is 11.6 Å². The first-order valence-corrected chi connectivity index (χ1v) is 12.9. The molecule has 6 heteroatoms. The van der Waals surface area contributed by atoms with E-state index in [0.29, 0.717) is 22.5 Å². The summed E-state index contributed by atoms with van der Waals surface area (Å²) in [6.07, 6.45) is 0. The molecule has 0 amide bonds. The predicted octanol–water partition coefficient (Wildman–Crippen LogP) is 6.47. The van der Waals surface area contributed by atoms with E-state index in [2.05, 4.69) is 26.0 Å². The van der Waals surface area contributed by atoms with Crippen molar-refractivity contribution in [1.82, 2.24) is 9.78 Å². The molecule has 0 N–H and O–H groups in total. The van der Waals surface area contributed by atoms with Gasteiger partial charge >= 0.3 is 0 Å². The van der Waals surface area contributed by atoms with Crippen LogP contribution >= 0.6 is 11.8 Å². The zero-order valence-electron chi connectivity index (χ0n) is 19.7. The second-order valence-corrected chi connectivity index (χ2v) is 11.0. The van der Waals surface area contributed by atoms with Crippen LogP contribution in [-0.2, 0) is 0 Å². The highest BCUT2D eigenvalue weighted by atomic mass is 32.2. The summed E-state index contributed by atoms with van der Waals surface area (Å²) in [5.74, 6) is 1.14. The number of hydrogen-bond donors (Lipinski definition) is 0. The molecule has 35 heavy (non-hydrogen) atoms. The van der Waals surface area contributed by atoms with Crippen LogP contribution in [0.15, 0.2) is 81.0 Å². The molecule has 2 atom stereocenters. The fraction of sp³-hybridized carbons (Fsp3) is 0.241. The van der Waals surface area contributed by atoms with E-state index in [-0.39, 0.29) is 17.3 Å². The zero-order valence-corrected chi connectivity index (χ0v) is 20.6. The molecule has 3 aromatic carbocycles. The van der Waals surface area contributed by atoms with Gasteiger partial charge in [-0.3, -0.25) is 4.79 Å². The Morgan fingerprint density at radius 3 is 2.57 bits per heavy atom. The third-order valence-corrected chi connectivity index (χ3v) is 8.71. The number of nitrogens with zero attached hydrogens (tertiary/aromatic N) is 2. The third-order valence-electron chi connectivity index (χ3n) is 7.52. The summed E-state index contributed by atoms with van der Waals surface area (Å²) >= 11 is 1.79. The molecule has 174 valence electrons. The van der Waals surface area contributed by atoms with E-state index in [1.54, 1.807) is 11.8 Å². The molecule has 0 unspecified atom stereocenters. The van der Waals surface area contributed by atoms with Crippen molar-refractivity contribution in [3.05, 3.63) is 93.8 Å². The van der Waals surface area contributed by atoms with Crippen molar-refractivity contribution >= 4 is 33.5 Å². The minimum Gasteiger partial charge on any atom is -0.458 e. The maximum Gasteiger partial charge on any atom is 0.293 e. The Balaban J connectivity index is 1.53. The minimum absolute atomic E-state index is 0.0118. The van der Waals surface area contributed by atoms with Crippen LogP contribution in [0, 0.1) is 12.8 Å². The van der Waals surface area contributed by atoms with Crippen LogP contribution in [0.3, 0.4) is 0 Å². The van der Waals surface area contributed by atoms with Gasteiger partial charge in [-0.1, -0.05) is 48.5 Å². The molecule has 2 aliphatic heterocycles. The Morgan fingerprint density at radius 2 is 1.74 bits per heavy atom. The lowest BCUT2D eigenvalue weighted by Crippen LogP contribution is -2.49. The second-order valence-electron chi connectivity index (χ2n) is 9.95. The number of fused-ring (bicyclic) bond motifs is 8. The standard InChI is InChI=1S/C29H24N2O3S/c1-16-22-23-21(15-35-27(22)31(30-16)18-10-5-4-6-11-18)29(2,3)34-28-24(23)25(32)20-14-13-17-9-7-8-12-19(17)26(20)33-28/h4-14,21,23H,15H2,1-3H3/t21-,23-/m1/s1. The molecule has 4 heterocycles. The molecule has 5 aromatic rings. The van der Waals surface area contributed by atoms with Gasteiger partial charge in [0, 0.05) is 28.5 Å².